The number of benzene rings is 12. The summed E-state index contributed by atoms with van der Waals surface area (Å²) in [6.07, 6.45) is 3.21. The van der Waals surface area contributed by atoms with Crippen molar-refractivity contribution in [2.45, 2.75) is 39.5 Å². The minimum atomic E-state index is 0.151. The maximum absolute atomic E-state index is 11.7. The number of nitrogens with zero attached hydrogens (tertiary/aromatic N) is 4. The van der Waals surface area contributed by atoms with Gasteiger partial charge in [0.25, 0.3) is 0 Å². The smallest absolute Gasteiger partial charge is 0.189 e. The minimum absolute atomic E-state index is 0.151. The molecule has 20 aromatic rings. The van der Waals surface area contributed by atoms with Gasteiger partial charge in [0, 0.05) is 93.5 Å². The predicted molar refractivity (Wildman–Crippen MR) is 496 cm³/mol. The molecule has 0 bridgehead atoms. The van der Waals surface area contributed by atoms with Crippen molar-refractivity contribution in [2.24, 2.45) is 0 Å². The first-order valence-electron chi connectivity index (χ1n) is 40.2. The number of rotatable bonds is 28. The van der Waals surface area contributed by atoms with E-state index in [1.807, 2.05) is 122 Å². The molecule has 0 aliphatic carbocycles. The molecule has 0 aliphatic rings. The average Bonchev–Trinajstić information content (AvgIpc) is 1.61. The molecule has 0 fully saturated rings. The number of para-hydroxylation sites is 12. The van der Waals surface area contributed by atoms with Gasteiger partial charge in [0.05, 0.1) is 108 Å². The van der Waals surface area contributed by atoms with Crippen molar-refractivity contribution in [2.75, 3.05) is 46.4 Å². The summed E-state index contributed by atoms with van der Waals surface area (Å²) in [6.45, 7) is 9.39. The largest absolute Gasteiger partial charge is 0.504 e. The van der Waals surface area contributed by atoms with Gasteiger partial charge in [-0.15, -0.1) is 45.3 Å². The fourth-order valence-corrected chi connectivity index (χ4v) is 20.3. The van der Waals surface area contributed by atoms with Gasteiger partial charge in [0.2, 0.25) is 0 Å². The van der Waals surface area contributed by atoms with E-state index in [9.17, 15) is 10.2 Å². The lowest BCUT2D eigenvalue weighted by atomic mass is 10.1. The Morgan fingerprint density at radius 1 is 0.267 bits per heavy atom. The van der Waals surface area contributed by atoms with Gasteiger partial charge in [-0.25, -0.2) is 0 Å². The predicted octanol–water partition coefficient (Wildman–Crippen LogP) is 27.1. The van der Waals surface area contributed by atoms with Crippen molar-refractivity contribution in [3.63, 3.8) is 0 Å². The van der Waals surface area contributed by atoms with Crippen molar-refractivity contribution in [1.29, 1.82) is 0 Å². The molecule has 2 N–H and O–H groups in total. The molecule has 8 heterocycles. The first kappa shape index (κ1) is 77.9. The number of unbranched alkanes of at least 4 members (excludes halogenated alkanes) is 2. The van der Waals surface area contributed by atoms with Crippen LogP contribution in [0.4, 0.5) is 0 Å². The number of carbonyl (C=O) groups excluding carboxylic acids is 1. The highest BCUT2D eigenvalue weighted by Gasteiger charge is 2.28. The standard InChI is InChI=1S/C53H46N2O5S2.C48H36N2O4S2.CH2O/c1-3-56-35-60-51-47(55-44-27-13-7-21-38(44)39-22-8-14-28-45(39)55)34-62-53(51)41-24-10-16-30-49(41)59-32-18-17-31-58-48-29-15-9-23-40(48)52-50(57-4-2)46(33-61-52)54-42-25-11-5-19-36(42)37-20-6-12-26-43(37)54;51-45-41(49-37-21-7-1-15-31(37)32-16-2-8-22-38(32)49)29-55-47(45)35-19-5-11-25-43(35)53-27-13-14-28-54-44-26-12-6-20-36(44)48-46(52)42(30-56-48)50-39-23-9-3-17-33(39)34-18-4-10-24-40(34)50;1-2/h5-16,19-30,33-34H,3-4,17-18,31-32,35H2,1-2H3;1-12,15-26,29-30,51-52H,13-14,27-28H2;1H2. The number of carbonyl (C=O) groups is 1. The Balaban J connectivity index is 0.000000162. The van der Waals surface area contributed by atoms with E-state index in [-0.39, 0.29) is 18.3 Å². The molecule has 596 valence electrons. The van der Waals surface area contributed by atoms with Gasteiger partial charge in [-0.05, 0) is 137 Å². The lowest BCUT2D eigenvalue weighted by Crippen LogP contribution is -2.06. The molecule has 0 aliphatic heterocycles. The average molecular weight is 1650 g/mol. The SMILES string of the molecule is C=O.CCOCOc1c(-n2c3ccccc3c3ccccc32)csc1-c1ccccc1OCCCCOc1ccccc1-c1scc(-n2c3ccccc3c3ccccc32)c1OCC.Oc1c(-n2c3ccccc3c3ccccc32)csc1-c1ccccc1OCCCCOc1ccccc1-c1scc(-n2c3ccccc3c3ccccc32)c1O. The first-order valence-corrected chi connectivity index (χ1v) is 43.7. The zero-order chi connectivity index (χ0) is 81.4. The van der Waals surface area contributed by atoms with Gasteiger partial charge < -0.3 is 66.4 Å². The summed E-state index contributed by atoms with van der Waals surface area (Å²) in [6, 6.07) is 99.8. The van der Waals surface area contributed by atoms with E-state index in [0.29, 0.717) is 39.6 Å². The van der Waals surface area contributed by atoms with Crippen LogP contribution >= 0.6 is 45.3 Å². The molecular weight excluding hydrogens is 1570 g/mol. The van der Waals surface area contributed by atoms with Gasteiger partial charge >= 0.3 is 0 Å². The zero-order valence-electron chi connectivity index (χ0n) is 66.1. The van der Waals surface area contributed by atoms with Gasteiger partial charge in [-0.3, -0.25) is 0 Å². The monoisotopic (exact) mass is 1650 g/mol. The number of thiophene rings is 4. The summed E-state index contributed by atoms with van der Waals surface area (Å²) in [7, 11) is 0. The first-order chi connectivity index (χ1) is 59.4. The van der Waals surface area contributed by atoms with Crippen LogP contribution in [0, 0.1) is 0 Å². The summed E-state index contributed by atoms with van der Waals surface area (Å²) in [5.41, 5.74) is 16.1. The van der Waals surface area contributed by atoms with Gasteiger partial charge in [0.1, 0.15) is 41.2 Å². The van der Waals surface area contributed by atoms with Crippen molar-refractivity contribution < 1.29 is 48.2 Å². The van der Waals surface area contributed by atoms with Crippen LogP contribution in [-0.2, 0) is 9.53 Å². The van der Waals surface area contributed by atoms with E-state index in [2.05, 4.69) is 229 Å². The Labute approximate surface area is 709 Å². The Morgan fingerprint density at radius 3 is 0.767 bits per heavy atom. The lowest BCUT2D eigenvalue weighted by Gasteiger charge is -2.15. The van der Waals surface area contributed by atoms with Gasteiger partial charge in [0.15, 0.2) is 29.8 Å². The molecule has 20 rings (SSSR count). The number of aromatic nitrogens is 4. The second-order valence-corrected chi connectivity index (χ2v) is 32.1. The molecular formula is C102H84N4O10S4. The van der Waals surface area contributed by atoms with E-state index in [1.54, 1.807) is 22.7 Å². The number of hydrogen-bond donors (Lipinski definition) is 2. The number of aromatic hydroxyl groups is 2. The molecule has 0 atom stereocenters. The maximum Gasteiger partial charge on any atom is 0.189 e. The van der Waals surface area contributed by atoms with Crippen LogP contribution in [-0.4, -0.2) is 81.7 Å². The van der Waals surface area contributed by atoms with Crippen LogP contribution in [0.25, 0.3) is 152 Å². The summed E-state index contributed by atoms with van der Waals surface area (Å²) in [5.74, 6) is 5.24. The molecule has 14 nitrogen and oxygen atoms in total. The summed E-state index contributed by atoms with van der Waals surface area (Å²) in [4.78, 5) is 11.6. The van der Waals surface area contributed by atoms with Crippen LogP contribution in [0.3, 0.4) is 0 Å². The minimum Gasteiger partial charge on any atom is -0.504 e. The quantitative estimate of drug-likeness (QED) is 0.0359. The molecule has 0 radical (unpaired) electrons. The fourth-order valence-electron chi connectivity index (χ4n) is 16.3. The summed E-state index contributed by atoms with van der Waals surface area (Å²) in [5, 5.41) is 41.3. The van der Waals surface area contributed by atoms with Gasteiger partial charge in [-0.2, -0.15) is 0 Å². The molecule has 0 spiro atoms. The van der Waals surface area contributed by atoms with Gasteiger partial charge in [-0.1, -0.05) is 194 Å². The normalized spacial score (nSPS) is 11.4. The third-order valence-electron chi connectivity index (χ3n) is 21.6. The van der Waals surface area contributed by atoms with Crippen LogP contribution in [0.15, 0.2) is 313 Å². The Morgan fingerprint density at radius 2 is 0.492 bits per heavy atom. The third kappa shape index (κ3) is 14.7. The summed E-state index contributed by atoms with van der Waals surface area (Å²) >= 11 is 6.38. The second-order valence-electron chi connectivity index (χ2n) is 28.6. The van der Waals surface area contributed by atoms with Crippen molar-refractivity contribution in [3.8, 4) is 111 Å². The highest BCUT2D eigenvalue weighted by atomic mass is 32.1. The van der Waals surface area contributed by atoms with Crippen molar-refractivity contribution in [3.05, 3.63) is 313 Å². The summed E-state index contributed by atoms with van der Waals surface area (Å²) < 4.78 is 53.4. The molecule has 0 saturated carbocycles. The van der Waals surface area contributed by atoms with E-state index >= 15 is 0 Å². The van der Waals surface area contributed by atoms with E-state index in [1.165, 1.54) is 44.2 Å². The third-order valence-corrected chi connectivity index (χ3v) is 25.6. The zero-order valence-corrected chi connectivity index (χ0v) is 69.4. The van der Waals surface area contributed by atoms with E-state index in [0.717, 1.165) is 190 Å². The molecule has 18 heteroatoms. The van der Waals surface area contributed by atoms with Crippen molar-refractivity contribution >= 4 is 139 Å². The van der Waals surface area contributed by atoms with Crippen LogP contribution < -0.4 is 28.4 Å². The molecule has 120 heavy (non-hydrogen) atoms. The Hall–Kier alpha value is -13.3. The molecule has 0 unspecified atom stereocenters. The molecule has 0 amide bonds. The van der Waals surface area contributed by atoms with Crippen LogP contribution in [0.2, 0.25) is 0 Å². The van der Waals surface area contributed by atoms with Crippen molar-refractivity contribution in [1.82, 2.24) is 18.3 Å². The molecule has 12 aromatic carbocycles. The number of hydrogen-bond acceptors (Lipinski definition) is 14. The maximum atomic E-state index is 11.7. The molecule has 8 aromatic heterocycles. The fraction of sp³-hybridized carbons (Fsp3) is 0.127. The van der Waals surface area contributed by atoms with Crippen LogP contribution in [0.1, 0.15) is 39.5 Å². The Bertz CT molecular complexity index is 6640. The second kappa shape index (κ2) is 35.5. The number of ether oxygens (including phenoxy) is 7. The van der Waals surface area contributed by atoms with E-state index in [4.69, 9.17) is 38.0 Å². The number of fused-ring (bicyclic) bond motifs is 12. The highest BCUT2D eigenvalue weighted by Crippen LogP contribution is 2.52. The lowest BCUT2D eigenvalue weighted by molar-refractivity contribution is -0.0980. The topological polar surface area (TPSA) is 142 Å². The van der Waals surface area contributed by atoms with Crippen LogP contribution in [0.5, 0.6) is 46.0 Å². The molecule has 0 saturated heterocycles. The highest BCUT2D eigenvalue weighted by molar-refractivity contribution is 7.15. The van der Waals surface area contributed by atoms with E-state index < -0.39 is 0 Å². The Kier molecular flexibility index (Phi) is 23.0.